The zero-order valence-electron chi connectivity index (χ0n) is 30.4. The lowest BCUT2D eigenvalue weighted by molar-refractivity contribution is 0.668. The average molecular weight is 719 g/mol. The molecular formula is C52H34N2O2. The zero-order chi connectivity index (χ0) is 36.7. The first-order valence-electron chi connectivity index (χ1n) is 19.3. The molecule has 0 fully saturated rings. The summed E-state index contributed by atoms with van der Waals surface area (Å²) < 4.78 is 15.1. The summed E-state index contributed by atoms with van der Waals surface area (Å²) in [5, 5.41) is 9.58. The molecule has 0 spiro atoms. The van der Waals surface area contributed by atoms with E-state index in [4.69, 9.17) is 8.83 Å². The molecule has 0 atom stereocenters. The van der Waals surface area contributed by atoms with Crippen molar-refractivity contribution in [2.75, 3.05) is 4.90 Å². The predicted molar refractivity (Wildman–Crippen MR) is 234 cm³/mol. The first-order valence-corrected chi connectivity index (χ1v) is 19.3. The second kappa shape index (κ2) is 12.1. The van der Waals surface area contributed by atoms with Crippen molar-refractivity contribution in [3.63, 3.8) is 0 Å². The molecule has 0 radical (unpaired) electrons. The molecule has 1 aliphatic rings. The Morgan fingerprint density at radius 3 is 1.79 bits per heavy atom. The van der Waals surface area contributed by atoms with E-state index in [1.165, 1.54) is 49.4 Å². The van der Waals surface area contributed by atoms with Crippen LogP contribution in [0.25, 0.3) is 87.7 Å². The summed E-state index contributed by atoms with van der Waals surface area (Å²) in [6, 6.07) is 60.7. The molecule has 0 saturated carbocycles. The van der Waals surface area contributed by atoms with Crippen molar-refractivity contribution in [1.29, 1.82) is 0 Å². The third-order valence-corrected chi connectivity index (χ3v) is 11.7. The number of fused-ring (bicyclic) bond motifs is 10. The molecule has 0 aliphatic heterocycles. The summed E-state index contributed by atoms with van der Waals surface area (Å²) in [6.07, 6.45) is 6.56. The predicted octanol–water partition coefficient (Wildman–Crippen LogP) is 14.9. The van der Waals surface area contributed by atoms with E-state index in [9.17, 15) is 0 Å². The van der Waals surface area contributed by atoms with Crippen LogP contribution in [0.3, 0.4) is 0 Å². The smallest absolute Gasteiger partial charge is 0.137 e. The number of anilines is 3. The molecule has 0 amide bonds. The number of furan rings is 2. The van der Waals surface area contributed by atoms with Gasteiger partial charge in [0.1, 0.15) is 22.3 Å². The third-order valence-electron chi connectivity index (χ3n) is 11.7. The lowest BCUT2D eigenvalue weighted by atomic mass is 9.95. The molecule has 11 aromatic rings. The normalized spacial score (nSPS) is 13.4. The van der Waals surface area contributed by atoms with Crippen LogP contribution in [0.1, 0.15) is 18.4 Å². The maximum absolute atomic E-state index is 6.37. The van der Waals surface area contributed by atoms with E-state index in [1.807, 2.05) is 24.3 Å². The van der Waals surface area contributed by atoms with Gasteiger partial charge in [0.05, 0.1) is 11.0 Å². The van der Waals surface area contributed by atoms with E-state index in [1.54, 1.807) is 0 Å². The Kier molecular flexibility index (Phi) is 6.72. The van der Waals surface area contributed by atoms with Gasteiger partial charge in [0.2, 0.25) is 0 Å². The number of nitrogens with zero attached hydrogens (tertiary/aromatic N) is 2. The van der Waals surface area contributed by atoms with Gasteiger partial charge in [-0.1, -0.05) is 97.1 Å². The molecule has 264 valence electrons. The van der Waals surface area contributed by atoms with Crippen LogP contribution in [0, 0.1) is 0 Å². The highest BCUT2D eigenvalue weighted by molar-refractivity contribution is 6.14. The molecule has 3 heterocycles. The van der Waals surface area contributed by atoms with E-state index in [-0.39, 0.29) is 0 Å². The molecular weight excluding hydrogens is 685 g/mol. The average Bonchev–Trinajstić information content (AvgIpc) is 3.92. The second-order valence-electron chi connectivity index (χ2n) is 14.9. The minimum atomic E-state index is 0.867. The number of benzene rings is 8. The molecule has 4 nitrogen and oxygen atoms in total. The number of aromatic nitrogens is 1. The van der Waals surface area contributed by atoms with Crippen LogP contribution in [0.5, 0.6) is 0 Å². The highest BCUT2D eigenvalue weighted by Gasteiger charge is 2.20. The Morgan fingerprint density at radius 1 is 0.393 bits per heavy atom. The molecule has 0 N–H and O–H groups in total. The van der Waals surface area contributed by atoms with Crippen molar-refractivity contribution >= 4 is 105 Å². The number of para-hydroxylation sites is 3. The Hall–Kier alpha value is -7.30. The molecule has 0 unspecified atom stereocenters. The largest absolute Gasteiger partial charge is 0.456 e. The Bertz CT molecular complexity index is 3430. The Morgan fingerprint density at radius 2 is 1.00 bits per heavy atom. The van der Waals surface area contributed by atoms with Gasteiger partial charge in [-0.15, -0.1) is 0 Å². The van der Waals surface area contributed by atoms with E-state index >= 15 is 0 Å². The summed E-state index contributed by atoms with van der Waals surface area (Å²) >= 11 is 0. The van der Waals surface area contributed by atoms with Crippen LogP contribution in [-0.2, 0) is 0 Å². The van der Waals surface area contributed by atoms with Crippen LogP contribution < -0.4 is 4.90 Å². The minimum absolute atomic E-state index is 0.867. The lowest BCUT2D eigenvalue weighted by Crippen LogP contribution is -2.10. The number of rotatable bonds is 5. The van der Waals surface area contributed by atoms with Gasteiger partial charge >= 0.3 is 0 Å². The zero-order valence-corrected chi connectivity index (χ0v) is 30.4. The summed E-state index contributed by atoms with van der Waals surface area (Å²) in [5.74, 6) is 0. The van der Waals surface area contributed by atoms with Gasteiger partial charge in [0.15, 0.2) is 0 Å². The maximum atomic E-state index is 6.37. The maximum Gasteiger partial charge on any atom is 0.137 e. The fourth-order valence-electron chi connectivity index (χ4n) is 9.00. The van der Waals surface area contributed by atoms with Crippen LogP contribution in [0.15, 0.2) is 191 Å². The number of hydrogen-bond donors (Lipinski definition) is 0. The van der Waals surface area contributed by atoms with E-state index in [0.29, 0.717) is 0 Å². The van der Waals surface area contributed by atoms with Crippen molar-refractivity contribution < 1.29 is 8.83 Å². The quantitative estimate of drug-likeness (QED) is 0.178. The SMILES string of the molecule is C1=C(c2ccc(N(c3ccc4c(c3)oc3ccccc34)c3ccc4oc5ccccc5c4c3)cc2)CCC(n2c3ccccc3c3cc4ccccc4cc32)=C1. The van der Waals surface area contributed by atoms with Crippen molar-refractivity contribution in [3.05, 3.63) is 188 Å². The first kappa shape index (κ1) is 31.1. The number of hydrogen-bond acceptors (Lipinski definition) is 3. The molecule has 1 aliphatic carbocycles. The van der Waals surface area contributed by atoms with Gasteiger partial charge in [-0.3, -0.25) is 0 Å². The third kappa shape index (κ3) is 4.79. The first-order chi connectivity index (χ1) is 27.7. The van der Waals surface area contributed by atoms with E-state index in [0.717, 1.165) is 73.8 Å². The van der Waals surface area contributed by atoms with Gasteiger partial charge in [0, 0.05) is 61.1 Å². The fraction of sp³-hybridized carbons (Fsp3) is 0.0385. The van der Waals surface area contributed by atoms with Gasteiger partial charge in [-0.05, 0) is 114 Å². The second-order valence-corrected chi connectivity index (χ2v) is 14.9. The van der Waals surface area contributed by atoms with Gasteiger partial charge < -0.3 is 18.3 Å². The van der Waals surface area contributed by atoms with Crippen LogP contribution in [-0.4, -0.2) is 4.57 Å². The van der Waals surface area contributed by atoms with Crippen molar-refractivity contribution in [2.45, 2.75) is 12.8 Å². The molecule has 12 rings (SSSR count). The van der Waals surface area contributed by atoms with Crippen LogP contribution in [0.4, 0.5) is 17.1 Å². The molecule has 8 aromatic carbocycles. The van der Waals surface area contributed by atoms with E-state index in [2.05, 4.69) is 167 Å². The lowest BCUT2D eigenvalue weighted by Gasteiger charge is -2.26. The van der Waals surface area contributed by atoms with E-state index < -0.39 is 0 Å². The molecule has 3 aromatic heterocycles. The molecule has 56 heavy (non-hydrogen) atoms. The summed E-state index contributed by atoms with van der Waals surface area (Å²) in [4.78, 5) is 2.32. The Labute approximate surface area is 322 Å². The fourth-order valence-corrected chi connectivity index (χ4v) is 9.00. The summed E-state index contributed by atoms with van der Waals surface area (Å²) in [6.45, 7) is 0. The topological polar surface area (TPSA) is 34.5 Å². The van der Waals surface area contributed by atoms with Crippen molar-refractivity contribution in [2.24, 2.45) is 0 Å². The summed E-state index contributed by atoms with van der Waals surface area (Å²) in [5.41, 5.74) is 13.1. The molecule has 0 saturated heterocycles. The van der Waals surface area contributed by atoms with Gasteiger partial charge in [0.25, 0.3) is 0 Å². The van der Waals surface area contributed by atoms with Crippen LogP contribution >= 0.6 is 0 Å². The number of allylic oxidation sites excluding steroid dienone is 4. The van der Waals surface area contributed by atoms with Crippen molar-refractivity contribution in [3.8, 4) is 0 Å². The van der Waals surface area contributed by atoms with Gasteiger partial charge in [-0.25, -0.2) is 0 Å². The highest BCUT2D eigenvalue weighted by Crippen LogP contribution is 2.42. The molecule has 0 bridgehead atoms. The monoisotopic (exact) mass is 718 g/mol. The Balaban J connectivity index is 0.945. The molecule has 4 heteroatoms. The standard InChI is InChI=1S/C52H34N2O2/c1-2-10-36-30-48-45(29-35(36)9-1)41-11-3-6-14-47(41)54(48)38-23-19-34(20-24-38)33-17-21-37(22-18-33)53(39-26-28-51-46(31-39)43-13-5-8-16-50(43)55-51)40-25-27-44-42-12-4-7-15-49(42)56-52(44)32-40/h1-19,21-23,25-32H,20,24H2. The minimum Gasteiger partial charge on any atom is -0.456 e. The summed E-state index contributed by atoms with van der Waals surface area (Å²) in [7, 11) is 0. The van der Waals surface area contributed by atoms with Crippen LogP contribution in [0.2, 0.25) is 0 Å². The van der Waals surface area contributed by atoms with Crippen molar-refractivity contribution in [1.82, 2.24) is 4.57 Å². The van der Waals surface area contributed by atoms with Gasteiger partial charge in [-0.2, -0.15) is 0 Å². The highest BCUT2D eigenvalue weighted by atomic mass is 16.3.